The second kappa shape index (κ2) is 5.50. The highest BCUT2D eigenvalue weighted by Gasteiger charge is 2.25. The Labute approximate surface area is 132 Å². The molecule has 0 radical (unpaired) electrons. The molecule has 0 aliphatic carbocycles. The minimum atomic E-state index is -0.0334. The quantitative estimate of drug-likeness (QED) is 0.848. The molecule has 1 saturated heterocycles. The highest BCUT2D eigenvalue weighted by atomic mass is 15.3. The van der Waals surface area contributed by atoms with E-state index in [2.05, 4.69) is 64.0 Å². The Hall–Kier alpha value is -1.69. The Morgan fingerprint density at radius 1 is 1.05 bits per heavy atom. The Kier molecular flexibility index (Phi) is 3.80. The van der Waals surface area contributed by atoms with Crippen molar-refractivity contribution in [3.05, 3.63) is 18.2 Å². The standard InChI is InChI=1S/C16H26N6/c1-12(2)20-8-10-21(11-9-20)13-14-18-19-15(16(3,4)5)22(14)7-6-17-13/h6-7,12H,8-11H2,1-5H3. The third-order valence-electron chi connectivity index (χ3n) is 4.32. The van der Waals surface area contributed by atoms with Crippen molar-refractivity contribution in [3.63, 3.8) is 0 Å². The molecule has 0 amide bonds. The van der Waals surface area contributed by atoms with Gasteiger partial charge >= 0.3 is 0 Å². The summed E-state index contributed by atoms with van der Waals surface area (Å²) < 4.78 is 2.08. The van der Waals surface area contributed by atoms with Crippen molar-refractivity contribution >= 4 is 11.5 Å². The van der Waals surface area contributed by atoms with Gasteiger partial charge in [0, 0.05) is 50.0 Å². The highest BCUT2D eigenvalue weighted by Crippen LogP contribution is 2.25. The zero-order chi connectivity index (χ0) is 15.9. The van der Waals surface area contributed by atoms with E-state index in [4.69, 9.17) is 0 Å². The van der Waals surface area contributed by atoms with E-state index >= 15 is 0 Å². The first-order valence-corrected chi connectivity index (χ1v) is 8.07. The highest BCUT2D eigenvalue weighted by molar-refractivity contribution is 5.64. The van der Waals surface area contributed by atoms with E-state index in [0.29, 0.717) is 6.04 Å². The number of hydrogen-bond donors (Lipinski definition) is 0. The minimum absolute atomic E-state index is 0.0334. The van der Waals surface area contributed by atoms with Gasteiger partial charge in [-0.2, -0.15) is 0 Å². The summed E-state index contributed by atoms with van der Waals surface area (Å²) in [6.45, 7) is 15.1. The molecular formula is C16H26N6. The number of hydrogen-bond acceptors (Lipinski definition) is 5. The fourth-order valence-corrected chi connectivity index (χ4v) is 3.00. The smallest absolute Gasteiger partial charge is 0.203 e. The van der Waals surface area contributed by atoms with Gasteiger partial charge in [0.05, 0.1) is 0 Å². The maximum Gasteiger partial charge on any atom is 0.203 e. The molecule has 1 aliphatic heterocycles. The van der Waals surface area contributed by atoms with Crippen LogP contribution in [0.2, 0.25) is 0 Å². The van der Waals surface area contributed by atoms with Crippen molar-refractivity contribution in [3.8, 4) is 0 Å². The lowest BCUT2D eigenvalue weighted by molar-refractivity contribution is 0.209. The van der Waals surface area contributed by atoms with E-state index in [0.717, 1.165) is 43.5 Å². The Balaban J connectivity index is 1.91. The molecule has 2 aromatic heterocycles. The summed E-state index contributed by atoms with van der Waals surface area (Å²) in [6, 6.07) is 0.603. The van der Waals surface area contributed by atoms with Crippen LogP contribution < -0.4 is 4.90 Å². The molecule has 0 N–H and O–H groups in total. The minimum Gasteiger partial charge on any atom is -0.351 e. The van der Waals surface area contributed by atoms with Crippen molar-refractivity contribution in [1.82, 2.24) is 24.5 Å². The Morgan fingerprint density at radius 2 is 1.73 bits per heavy atom. The zero-order valence-corrected chi connectivity index (χ0v) is 14.2. The van der Waals surface area contributed by atoms with Crippen LogP contribution in [-0.2, 0) is 5.41 Å². The van der Waals surface area contributed by atoms with E-state index in [9.17, 15) is 0 Å². The molecule has 0 atom stereocenters. The molecule has 3 heterocycles. The van der Waals surface area contributed by atoms with E-state index in [1.165, 1.54) is 0 Å². The van der Waals surface area contributed by atoms with Crippen LogP contribution in [0.25, 0.3) is 5.65 Å². The molecule has 0 spiro atoms. The molecule has 0 bridgehead atoms. The van der Waals surface area contributed by atoms with Crippen LogP contribution in [0.5, 0.6) is 0 Å². The third-order valence-corrected chi connectivity index (χ3v) is 4.32. The molecule has 0 unspecified atom stereocenters. The molecule has 22 heavy (non-hydrogen) atoms. The van der Waals surface area contributed by atoms with E-state index in [1.54, 1.807) is 0 Å². The summed E-state index contributed by atoms with van der Waals surface area (Å²) in [5.74, 6) is 1.93. The lowest BCUT2D eigenvalue weighted by Gasteiger charge is -2.37. The lowest BCUT2D eigenvalue weighted by Crippen LogP contribution is -2.49. The SMILES string of the molecule is CC(C)N1CCN(c2nccn3c(C(C)(C)C)nnc23)CC1. The molecule has 6 heteroatoms. The van der Waals surface area contributed by atoms with Crippen LogP contribution in [-0.4, -0.2) is 56.7 Å². The average molecular weight is 302 g/mol. The van der Waals surface area contributed by atoms with E-state index in [-0.39, 0.29) is 5.41 Å². The van der Waals surface area contributed by atoms with Crippen LogP contribution in [0.15, 0.2) is 12.4 Å². The topological polar surface area (TPSA) is 49.6 Å². The number of nitrogens with zero attached hydrogens (tertiary/aromatic N) is 6. The third kappa shape index (κ3) is 2.67. The first-order valence-electron chi connectivity index (χ1n) is 8.07. The van der Waals surface area contributed by atoms with Gasteiger partial charge in [-0.05, 0) is 13.8 Å². The predicted molar refractivity (Wildman–Crippen MR) is 88.4 cm³/mol. The maximum absolute atomic E-state index is 4.58. The molecule has 2 aromatic rings. The van der Waals surface area contributed by atoms with Gasteiger partial charge < -0.3 is 4.90 Å². The molecule has 1 fully saturated rings. The summed E-state index contributed by atoms with van der Waals surface area (Å²) in [5.41, 5.74) is 0.833. The first kappa shape index (κ1) is 15.2. The maximum atomic E-state index is 4.58. The van der Waals surface area contributed by atoms with Gasteiger partial charge in [-0.3, -0.25) is 9.30 Å². The molecule has 0 aromatic carbocycles. The summed E-state index contributed by atoms with van der Waals surface area (Å²) in [7, 11) is 0. The number of piperazine rings is 1. The molecular weight excluding hydrogens is 276 g/mol. The Bertz CT molecular complexity index is 646. The van der Waals surface area contributed by atoms with Gasteiger partial charge in [-0.25, -0.2) is 4.98 Å². The summed E-state index contributed by atoms with van der Waals surface area (Å²) >= 11 is 0. The zero-order valence-electron chi connectivity index (χ0n) is 14.2. The van der Waals surface area contributed by atoms with Crippen LogP contribution in [0.1, 0.15) is 40.4 Å². The second-order valence-corrected chi connectivity index (χ2v) is 7.33. The molecule has 3 rings (SSSR count). The summed E-state index contributed by atoms with van der Waals surface area (Å²) in [6.07, 6.45) is 3.82. The number of aromatic nitrogens is 4. The van der Waals surface area contributed by atoms with Crippen LogP contribution in [0, 0.1) is 0 Å². The Morgan fingerprint density at radius 3 is 2.32 bits per heavy atom. The van der Waals surface area contributed by atoms with Crippen molar-refractivity contribution in [1.29, 1.82) is 0 Å². The predicted octanol–water partition coefficient (Wildman–Crippen LogP) is 1.95. The molecule has 0 saturated carbocycles. The van der Waals surface area contributed by atoms with E-state index in [1.807, 2.05) is 12.4 Å². The van der Waals surface area contributed by atoms with Crippen LogP contribution in [0.3, 0.4) is 0 Å². The normalized spacial score (nSPS) is 17.6. The van der Waals surface area contributed by atoms with Gasteiger partial charge in [0.25, 0.3) is 0 Å². The molecule has 120 valence electrons. The fraction of sp³-hybridized carbons (Fsp3) is 0.688. The average Bonchev–Trinajstić information content (AvgIpc) is 2.91. The molecule has 1 aliphatic rings. The summed E-state index contributed by atoms with van der Waals surface area (Å²) in [4.78, 5) is 9.41. The van der Waals surface area contributed by atoms with Gasteiger partial charge in [-0.15, -0.1) is 10.2 Å². The monoisotopic (exact) mass is 302 g/mol. The number of anilines is 1. The largest absolute Gasteiger partial charge is 0.351 e. The molecule has 6 nitrogen and oxygen atoms in total. The second-order valence-electron chi connectivity index (χ2n) is 7.33. The van der Waals surface area contributed by atoms with Crippen LogP contribution >= 0.6 is 0 Å². The van der Waals surface area contributed by atoms with Crippen molar-refractivity contribution in [2.24, 2.45) is 0 Å². The fourth-order valence-electron chi connectivity index (χ4n) is 3.00. The van der Waals surface area contributed by atoms with Crippen molar-refractivity contribution < 1.29 is 0 Å². The van der Waals surface area contributed by atoms with Crippen molar-refractivity contribution in [2.45, 2.75) is 46.1 Å². The van der Waals surface area contributed by atoms with Gasteiger partial charge in [0.2, 0.25) is 5.65 Å². The van der Waals surface area contributed by atoms with Crippen molar-refractivity contribution in [2.75, 3.05) is 31.1 Å². The van der Waals surface area contributed by atoms with Gasteiger partial charge in [0.1, 0.15) is 5.82 Å². The van der Waals surface area contributed by atoms with Crippen LogP contribution in [0.4, 0.5) is 5.82 Å². The number of rotatable bonds is 2. The first-order chi connectivity index (χ1) is 10.4. The number of fused-ring (bicyclic) bond motifs is 1. The lowest BCUT2D eigenvalue weighted by atomic mass is 9.96. The van der Waals surface area contributed by atoms with Gasteiger partial charge in [-0.1, -0.05) is 20.8 Å². The summed E-state index contributed by atoms with van der Waals surface area (Å²) in [5, 5.41) is 8.81. The van der Waals surface area contributed by atoms with E-state index < -0.39 is 0 Å². The van der Waals surface area contributed by atoms with Gasteiger partial charge in [0.15, 0.2) is 5.82 Å².